The summed E-state index contributed by atoms with van der Waals surface area (Å²) >= 11 is 5.70. The van der Waals surface area contributed by atoms with Gasteiger partial charge in [0.05, 0.1) is 17.3 Å². The standard InChI is InChI=1S/C12H14ClF2N3O/c13-9-5-8(14)6-10(15)12(9)17-11(19)7-18-3-1-16-2-4-18/h5-6,16H,1-4,7H2,(H,17,19). The predicted molar refractivity (Wildman–Crippen MR) is 69.3 cm³/mol. The highest BCUT2D eigenvalue weighted by atomic mass is 35.5. The quantitative estimate of drug-likeness (QED) is 0.885. The molecule has 1 heterocycles. The second-order valence-corrected chi connectivity index (χ2v) is 4.73. The molecule has 1 aliphatic rings. The Morgan fingerprint density at radius 2 is 2.05 bits per heavy atom. The van der Waals surface area contributed by atoms with Gasteiger partial charge in [-0.2, -0.15) is 0 Å². The normalized spacial score (nSPS) is 16.4. The van der Waals surface area contributed by atoms with Crippen molar-refractivity contribution in [1.82, 2.24) is 10.2 Å². The number of carbonyl (C=O) groups excluding carboxylic acids is 1. The van der Waals surface area contributed by atoms with E-state index in [4.69, 9.17) is 11.6 Å². The van der Waals surface area contributed by atoms with Crippen LogP contribution in [0.1, 0.15) is 0 Å². The zero-order valence-electron chi connectivity index (χ0n) is 10.2. The third-order valence-corrected chi connectivity index (χ3v) is 3.15. The maximum absolute atomic E-state index is 13.5. The van der Waals surface area contributed by atoms with E-state index in [1.807, 2.05) is 4.90 Å². The van der Waals surface area contributed by atoms with Crippen LogP contribution in [0.3, 0.4) is 0 Å². The summed E-state index contributed by atoms with van der Waals surface area (Å²) in [5, 5.41) is 5.40. The molecule has 1 fully saturated rings. The molecule has 0 spiro atoms. The number of rotatable bonds is 3. The molecule has 19 heavy (non-hydrogen) atoms. The molecule has 0 bridgehead atoms. The van der Waals surface area contributed by atoms with E-state index in [0.29, 0.717) is 6.07 Å². The average molecular weight is 290 g/mol. The van der Waals surface area contributed by atoms with Crippen LogP contribution in [0.5, 0.6) is 0 Å². The predicted octanol–water partition coefficient (Wildman–Crippen LogP) is 1.46. The van der Waals surface area contributed by atoms with Crippen molar-refractivity contribution in [3.05, 3.63) is 28.8 Å². The van der Waals surface area contributed by atoms with E-state index >= 15 is 0 Å². The Kier molecular flexibility index (Phi) is 4.68. The molecule has 0 radical (unpaired) electrons. The summed E-state index contributed by atoms with van der Waals surface area (Å²) in [6.45, 7) is 3.31. The van der Waals surface area contributed by atoms with Crippen molar-refractivity contribution in [1.29, 1.82) is 0 Å². The number of carbonyl (C=O) groups is 1. The van der Waals surface area contributed by atoms with Crippen LogP contribution in [0.15, 0.2) is 12.1 Å². The van der Waals surface area contributed by atoms with E-state index in [2.05, 4.69) is 10.6 Å². The number of benzene rings is 1. The van der Waals surface area contributed by atoms with Crippen molar-refractivity contribution in [2.75, 3.05) is 38.0 Å². The maximum Gasteiger partial charge on any atom is 0.238 e. The molecule has 1 saturated heterocycles. The molecule has 1 amide bonds. The summed E-state index contributed by atoms with van der Waals surface area (Å²) in [5.74, 6) is -2.02. The van der Waals surface area contributed by atoms with Crippen molar-refractivity contribution in [2.24, 2.45) is 0 Å². The first-order chi connectivity index (χ1) is 9.06. The second kappa shape index (κ2) is 6.27. The van der Waals surface area contributed by atoms with Gasteiger partial charge < -0.3 is 10.6 Å². The largest absolute Gasteiger partial charge is 0.321 e. The third-order valence-electron chi connectivity index (χ3n) is 2.85. The van der Waals surface area contributed by atoms with Crippen molar-refractivity contribution in [3.8, 4) is 0 Å². The van der Waals surface area contributed by atoms with Gasteiger partial charge in [-0.1, -0.05) is 11.6 Å². The number of nitrogens with one attached hydrogen (secondary N) is 2. The van der Waals surface area contributed by atoms with Gasteiger partial charge in [0, 0.05) is 32.2 Å². The molecule has 0 aromatic heterocycles. The fourth-order valence-corrected chi connectivity index (χ4v) is 2.15. The fourth-order valence-electron chi connectivity index (χ4n) is 1.91. The molecule has 4 nitrogen and oxygen atoms in total. The van der Waals surface area contributed by atoms with Gasteiger partial charge in [-0.3, -0.25) is 9.69 Å². The summed E-state index contributed by atoms with van der Waals surface area (Å²) in [5.41, 5.74) is -0.178. The van der Waals surface area contributed by atoms with Crippen molar-refractivity contribution >= 4 is 23.2 Å². The minimum atomic E-state index is -0.876. The van der Waals surface area contributed by atoms with Crippen LogP contribution < -0.4 is 10.6 Å². The monoisotopic (exact) mass is 289 g/mol. The van der Waals surface area contributed by atoms with Gasteiger partial charge in [0.15, 0.2) is 5.82 Å². The van der Waals surface area contributed by atoms with E-state index in [1.54, 1.807) is 0 Å². The summed E-state index contributed by atoms with van der Waals surface area (Å²) in [6.07, 6.45) is 0. The number of amides is 1. The number of halogens is 3. The lowest BCUT2D eigenvalue weighted by Crippen LogP contribution is -2.46. The maximum atomic E-state index is 13.5. The van der Waals surface area contributed by atoms with E-state index in [1.165, 1.54) is 0 Å². The lowest BCUT2D eigenvalue weighted by molar-refractivity contribution is -0.117. The van der Waals surface area contributed by atoms with E-state index in [-0.39, 0.29) is 23.2 Å². The van der Waals surface area contributed by atoms with Crippen molar-refractivity contribution < 1.29 is 13.6 Å². The van der Waals surface area contributed by atoms with Crippen LogP contribution >= 0.6 is 11.6 Å². The van der Waals surface area contributed by atoms with Crippen LogP contribution in [-0.2, 0) is 4.79 Å². The topological polar surface area (TPSA) is 44.4 Å². The first-order valence-electron chi connectivity index (χ1n) is 5.94. The number of nitrogens with zero attached hydrogens (tertiary/aromatic N) is 1. The first-order valence-corrected chi connectivity index (χ1v) is 6.31. The molecule has 7 heteroatoms. The first kappa shape index (κ1) is 14.2. The molecular formula is C12H14ClF2N3O. The van der Waals surface area contributed by atoms with Gasteiger partial charge in [0.1, 0.15) is 5.82 Å². The summed E-state index contributed by atoms with van der Waals surface area (Å²) in [4.78, 5) is 13.7. The lowest BCUT2D eigenvalue weighted by atomic mass is 10.3. The van der Waals surface area contributed by atoms with Gasteiger partial charge in [-0.15, -0.1) is 0 Å². The lowest BCUT2D eigenvalue weighted by Gasteiger charge is -2.26. The Hall–Kier alpha value is -1.24. The van der Waals surface area contributed by atoms with Gasteiger partial charge >= 0.3 is 0 Å². The minimum absolute atomic E-state index is 0.147. The highest BCUT2D eigenvalue weighted by Crippen LogP contribution is 2.26. The van der Waals surface area contributed by atoms with Crippen LogP contribution in [0.25, 0.3) is 0 Å². The third kappa shape index (κ3) is 3.86. The number of hydrogen-bond donors (Lipinski definition) is 2. The Bertz CT molecular complexity index is 455. The number of anilines is 1. The molecule has 1 aliphatic heterocycles. The minimum Gasteiger partial charge on any atom is -0.321 e. The van der Waals surface area contributed by atoms with Crippen LogP contribution in [0.2, 0.25) is 5.02 Å². The highest BCUT2D eigenvalue weighted by molar-refractivity contribution is 6.33. The van der Waals surface area contributed by atoms with Gasteiger partial charge in [0.25, 0.3) is 0 Å². The van der Waals surface area contributed by atoms with Gasteiger partial charge in [0.2, 0.25) is 5.91 Å². The fraction of sp³-hybridized carbons (Fsp3) is 0.417. The van der Waals surface area contributed by atoms with Crippen molar-refractivity contribution in [2.45, 2.75) is 0 Å². The zero-order chi connectivity index (χ0) is 13.8. The smallest absolute Gasteiger partial charge is 0.238 e. The molecule has 0 atom stereocenters. The van der Waals surface area contributed by atoms with Crippen LogP contribution in [0, 0.1) is 11.6 Å². The SMILES string of the molecule is O=C(CN1CCNCC1)Nc1c(F)cc(F)cc1Cl. The molecule has 2 rings (SSSR count). The molecule has 0 saturated carbocycles. The molecular weight excluding hydrogens is 276 g/mol. The highest BCUT2D eigenvalue weighted by Gasteiger charge is 2.16. The van der Waals surface area contributed by atoms with E-state index in [9.17, 15) is 13.6 Å². The average Bonchev–Trinajstić information content (AvgIpc) is 2.35. The van der Waals surface area contributed by atoms with Crippen LogP contribution in [-0.4, -0.2) is 43.5 Å². The van der Waals surface area contributed by atoms with Crippen molar-refractivity contribution in [3.63, 3.8) is 0 Å². The summed E-state index contributed by atoms with van der Waals surface area (Å²) in [7, 11) is 0. The Morgan fingerprint density at radius 1 is 1.37 bits per heavy atom. The molecule has 0 unspecified atom stereocenters. The molecule has 1 aromatic rings. The Labute approximate surface area is 114 Å². The Balaban J connectivity index is 1.98. The zero-order valence-corrected chi connectivity index (χ0v) is 10.9. The van der Waals surface area contributed by atoms with E-state index < -0.39 is 11.6 Å². The molecule has 1 aromatic carbocycles. The molecule has 104 valence electrons. The van der Waals surface area contributed by atoms with Gasteiger partial charge in [-0.25, -0.2) is 8.78 Å². The number of hydrogen-bond acceptors (Lipinski definition) is 3. The van der Waals surface area contributed by atoms with E-state index in [0.717, 1.165) is 32.2 Å². The van der Waals surface area contributed by atoms with Gasteiger partial charge in [-0.05, 0) is 6.07 Å². The molecule has 2 N–H and O–H groups in total. The summed E-state index contributed by atoms with van der Waals surface area (Å²) in [6, 6.07) is 1.65. The second-order valence-electron chi connectivity index (χ2n) is 4.32. The Morgan fingerprint density at radius 3 is 2.68 bits per heavy atom. The molecule has 0 aliphatic carbocycles. The summed E-state index contributed by atoms with van der Waals surface area (Å²) < 4.78 is 26.4. The number of piperazine rings is 1. The van der Waals surface area contributed by atoms with Crippen LogP contribution in [0.4, 0.5) is 14.5 Å².